The zero-order valence-corrected chi connectivity index (χ0v) is 99.9. The number of hydrogen-bond donors (Lipinski definition) is 0. The molecule has 19 rings (SSSR count). The molecule has 728 valence electrons. The van der Waals surface area contributed by atoms with Crippen LogP contribution in [-0.4, -0.2) is 259 Å². The fourth-order valence-electron chi connectivity index (χ4n) is 21.4. The minimum absolute atomic E-state index is 0.272. The zero-order chi connectivity index (χ0) is 92.1. The molecule has 24 heteroatoms. The number of fused-ring (bicyclic) bond motifs is 6. The smallest absolute Gasteiger partial charge is 0.119 e. The normalized spacial score (nSPS) is 27.9. The Balaban J connectivity index is 0.000000134. The van der Waals surface area contributed by atoms with Crippen molar-refractivity contribution in [3.63, 3.8) is 0 Å². The summed E-state index contributed by atoms with van der Waals surface area (Å²) in [5.41, 5.74) is 12.6. The van der Waals surface area contributed by atoms with Crippen LogP contribution in [0.25, 0.3) is 0 Å². The standard InChI is InChI=1S/C14H26O2Si.2C14H22O2Si.2C13H24O2Si.2C13H20O2Si.C12H18O2Si/c1-2-14(8-16-9-14)7-15-6-11-3-10-4-12(11)13(17)5-10;1-2-14(10-16-11-14)9-15-7-12-3-5-13(8-17)6-4-12;1-2-14(9-15-10-14)11-16-13-5-3-12(4-6-13)7-8-17;1-2-13(6-14-7-13)8-15-11-4-10-3-9(11)5-12(10)16;1-2-13(6-14-7-13)8-15-11-4-9-3-10(11)12(16)5-9;1-2-13(8-14-9-13)10-15-12-5-3-11(7-16)4-6-12;1-2-13(9-15-10-13)8-14-7-11-3-5-12(16)6-4-11;1-2-12(7-13-8-12)9-14-10-3-5-11(15)6-4-10/h10-13H,2-9H2,1,17H3;2*3-6H,2,7-11H2,1,17H3;2*9-12H,2-8H2,1,16H3;2*3-6H,2,7-10H2,1,16H3;3-6H,2,7-9H2,1,15H3. The van der Waals surface area contributed by atoms with Crippen LogP contribution in [0.5, 0.6) is 17.2 Å². The van der Waals surface area contributed by atoms with Crippen molar-refractivity contribution >= 4 is 92.3 Å². The number of ether oxygens (including phenoxy) is 16. The summed E-state index contributed by atoms with van der Waals surface area (Å²) in [6, 6.07) is 46.7. The van der Waals surface area contributed by atoms with Crippen molar-refractivity contribution in [2.45, 2.75) is 231 Å². The zero-order valence-electron chi connectivity index (χ0n) is 83.9. The molecule has 0 N–H and O–H groups in total. The molecule has 0 amide bonds. The molecule has 8 saturated heterocycles. The van der Waals surface area contributed by atoms with E-state index in [1.165, 1.54) is 195 Å². The summed E-state index contributed by atoms with van der Waals surface area (Å²) in [5.74, 6) is 9.80. The minimum atomic E-state index is 0.272. The Morgan fingerprint density at radius 2 is 0.608 bits per heavy atom. The van der Waals surface area contributed by atoms with Gasteiger partial charge in [0.25, 0.3) is 0 Å². The van der Waals surface area contributed by atoms with Crippen molar-refractivity contribution in [2.75, 3.05) is 165 Å². The molecule has 130 heavy (non-hydrogen) atoms. The summed E-state index contributed by atoms with van der Waals surface area (Å²) in [4.78, 5) is 0. The number of rotatable bonds is 39. The first kappa shape index (κ1) is 106. The van der Waals surface area contributed by atoms with Gasteiger partial charge in [0.2, 0.25) is 0 Å². The SMILES string of the molecule is CCC1(COC2CC3CC([SiH3])C2C3)COC1.CCC1(COC2CC3CC2CC3[SiH3])COC1.CCC1(COCC2CC3CC([SiH3])C2C3)COC1.CCC1(COCc2ccc(C[SiH3])cc2)COC1.CCC1(COCc2ccc([SiH3])cc2)COC1.CCC1(COc2ccc(CC[SiH3])cc2)COC1.CCC1(COc2ccc(C[SiH3])cc2)COC1.CCC1(COc2ccc([SiH3])cc2)COC1. The van der Waals surface area contributed by atoms with Crippen molar-refractivity contribution in [1.82, 2.24) is 0 Å². The molecule has 16 nitrogen and oxygen atoms in total. The Morgan fingerprint density at radius 3 is 0.931 bits per heavy atom. The van der Waals surface area contributed by atoms with Crippen LogP contribution in [0.15, 0.2) is 121 Å². The Morgan fingerprint density at radius 1 is 0.292 bits per heavy atom. The summed E-state index contributed by atoms with van der Waals surface area (Å²) >= 11 is 0. The maximum absolute atomic E-state index is 6.25. The molecule has 14 fully saturated rings. The summed E-state index contributed by atoms with van der Waals surface area (Å²) in [6.45, 7) is 41.2. The van der Waals surface area contributed by atoms with Gasteiger partial charge >= 0.3 is 0 Å². The topological polar surface area (TPSA) is 148 Å². The second kappa shape index (κ2) is 51.6. The molecule has 0 radical (unpaired) electrons. The number of benzene rings is 5. The van der Waals surface area contributed by atoms with Crippen molar-refractivity contribution in [3.05, 3.63) is 149 Å². The average molecular weight is 1930 g/mol. The quantitative estimate of drug-likeness (QED) is 0.0343. The molecule has 8 heterocycles. The molecule has 6 saturated carbocycles. The Bertz CT molecular complexity index is 3960. The molecule has 5 aromatic carbocycles. The molecule has 14 aliphatic rings. The maximum Gasteiger partial charge on any atom is 0.119 e. The van der Waals surface area contributed by atoms with Crippen molar-refractivity contribution in [1.29, 1.82) is 0 Å². The lowest BCUT2D eigenvalue weighted by Gasteiger charge is -2.42. The van der Waals surface area contributed by atoms with Gasteiger partial charge in [0.15, 0.2) is 0 Å². The molecule has 12 unspecified atom stereocenters. The van der Waals surface area contributed by atoms with Gasteiger partial charge in [-0.3, -0.25) is 0 Å². The molecule has 0 aromatic heterocycles. The van der Waals surface area contributed by atoms with Gasteiger partial charge in [-0.1, -0.05) is 192 Å². The van der Waals surface area contributed by atoms with Crippen molar-refractivity contribution in [3.8, 4) is 17.2 Å². The molecule has 8 aliphatic heterocycles. The molecule has 5 aromatic rings. The monoisotopic (exact) mass is 1930 g/mol. The van der Waals surface area contributed by atoms with Crippen LogP contribution in [0.2, 0.25) is 22.7 Å². The fourth-order valence-corrected chi connectivity index (χ4v) is 27.5. The highest BCUT2D eigenvalue weighted by atomic mass is 28.2. The highest BCUT2D eigenvalue weighted by molar-refractivity contribution is 6.32. The van der Waals surface area contributed by atoms with Gasteiger partial charge in [0, 0.05) is 116 Å². The van der Waals surface area contributed by atoms with E-state index >= 15 is 0 Å². The minimum Gasteiger partial charge on any atom is -0.493 e. The predicted octanol–water partition coefficient (Wildman–Crippen LogP) is 10.2. The van der Waals surface area contributed by atoms with E-state index in [1.807, 2.05) is 0 Å². The summed E-state index contributed by atoms with van der Waals surface area (Å²) in [5, 5.41) is 2.83. The van der Waals surface area contributed by atoms with Crippen LogP contribution in [0, 0.1) is 84.7 Å². The van der Waals surface area contributed by atoms with E-state index in [2.05, 4.69) is 177 Å². The lowest BCUT2D eigenvalue weighted by Crippen LogP contribution is -2.47. The van der Waals surface area contributed by atoms with E-state index < -0.39 is 0 Å². The van der Waals surface area contributed by atoms with Gasteiger partial charge in [-0.15, -0.1) is 0 Å². The molecule has 0 spiro atoms. The van der Waals surface area contributed by atoms with Gasteiger partial charge in [0.05, 0.1) is 200 Å². The first-order chi connectivity index (χ1) is 63.0. The molecule has 12 atom stereocenters. The van der Waals surface area contributed by atoms with E-state index in [-0.39, 0.29) is 16.2 Å². The van der Waals surface area contributed by atoms with Gasteiger partial charge in [-0.25, -0.2) is 0 Å². The third-order valence-corrected chi connectivity index (χ3v) is 40.9. The third-order valence-electron chi connectivity index (χ3n) is 33.3. The highest BCUT2D eigenvalue weighted by Crippen LogP contribution is 2.55. The molecule has 6 bridgehead atoms. The van der Waals surface area contributed by atoms with Crippen LogP contribution >= 0.6 is 0 Å². The van der Waals surface area contributed by atoms with E-state index in [1.54, 1.807) is 6.42 Å². The summed E-state index contributed by atoms with van der Waals surface area (Å²) in [6.07, 6.45) is 24.8. The van der Waals surface area contributed by atoms with Gasteiger partial charge in [-0.05, 0) is 215 Å². The molecular formula is C106H176O16Si8. The highest BCUT2D eigenvalue weighted by Gasteiger charge is 2.50. The van der Waals surface area contributed by atoms with Gasteiger partial charge in [-0.2, -0.15) is 0 Å². The lowest BCUT2D eigenvalue weighted by atomic mass is 9.84. The Kier molecular flexibility index (Phi) is 41.9. The average Bonchev–Trinajstić information content (AvgIpc) is 1.54. The third kappa shape index (κ3) is 29.9. The second-order valence-electron chi connectivity index (χ2n) is 43.6. The Labute approximate surface area is 810 Å². The molecular weight excluding hydrogens is 1750 g/mol. The Hall–Kier alpha value is -3.28. The fraction of sp³-hybridized carbons (Fsp3) is 0.717. The first-order valence-electron chi connectivity index (χ1n) is 51.8. The summed E-state index contributed by atoms with van der Waals surface area (Å²) < 4.78 is 90.1. The largest absolute Gasteiger partial charge is 0.493 e. The van der Waals surface area contributed by atoms with Crippen LogP contribution in [-0.2, 0) is 93.3 Å². The number of aryl methyl sites for hydroxylation is 1. The van der Waals surface area contributed by atoms with Gasteiger partial charge < -0.3 is 75.8 Å². The van der Waals surface area contributed by atoms with Crippen LogP contribution in [0.3, 0.4) is 0 Å². The second-order valence-corrected chi connectivity index (χ2v) is 52.8. The van der Waals surface area contributed by atoms with Gasteiger partial charge in [0.1, 0.15) is 17.2 Å². The lowest BCUT2D eigenvalue weighted by molar-refractivity contribution is -0.164. The van der Waals surface area contributed by atoms with Crippen LogP contribution < -0.4 is 24.6 Å². The molecule has 6 aliphatic carbocycles. The van der Waals surface area contributed by atoms with E-state index in [4.69, 9.17) is 75.8 Å². The number of hydrogen-bond acceptors (Lipinski definition) is 16. The maximum atomic E-state index is 6.25. The summed E-state index contributed by atoms with van der Waals surface area (Å²) in [7, 11) is 10.1. The van der Waals surface area contributed by atoms with Crippen LogP contribution in [0.1, 0.15) is 192 Å². The first-order valence-corrected chi connectivity index (χ1v) is 61.5. The van der Waals surface area contributed by atoms with E-state index in [0.29, 0.717) is 39.3 Å². The van der Waals surface area contributed by atoms with E-state index in [0.717, 1.165) is 306 Å². The van der Waals surface area contributed by atoms with Crippen molar-refractivity contribution < 1.29 is 75.8 Å². The van der Waals surface area contributed by atoms with Crippen LogP contribution in [0.4, 0.5) is 0 Å². The van der Waals surface area contributed by atoms with E-state index in [9.17, 15) is 0 Å². The predicted molar refractivity (Wildman–Crippen MR) is 559 cm³/mol. The van der Waals surface area contributed by atoms with Crippen molar-refractivity contribution in [2.24, 2.45) is 84.7 Å².